The monoisotopic (exact) mass is 491 g/mol. The molecule has 5 heterocycles. The van der Waals surface area contributed by atoms with Gasteiger partial charge < -0.3 is 18.7 Å². The van der Waals surface area contributed by atoms with Crippen LogP contribution in [0.15, 0.2) is 51.8 Å². The van der Waals surface area contributed by atoms with Crippen LogP contribution in [0, 0.1) is 0 Å². The Kier molecular flexibility index (Phi) is 4.56. The largest absolute Gasteiger partial charge is 0.458 e. The van der Waals surface area contributed by atoms with Crippen LogP contribution in [0.1, 0.15) is 64.7 Å². The molecule has 0 saturated heterocycles. The summed E-state index contributed by atoms with van der Waals surface area (Å²) in [6, 6.07) is 7.29. The van der Waals surface area contributed by atoms with Gasteiger partial charge in [0.05, 0.1) is 23.8 Å². The van der Waals surface area contributed by atoms with Gasteiger partial charge in [-0.3, -0.25) is 4.79 Å². The first-order chi connectivity index (χ1) is 17.6. The summed E-state index contributed by atoms with van der Waals surface area (Å²) in [6.45, 7) is -2.43. The number of halogens is 2. The number of carbonyl (C=O) groups excluding carboxylic acids is 1. The zero-order valence-electron chi connectivity index (χ0n) is 18.8. The van der Waals surface area contributed by atoms with Gasteiger partial charge in [0.15, 0.2) is 0 Å². The Morgan fingerprint density at radius 3 is 2.83 bits per heavy atom. The lowest BCUT2D eigenvalue weighted by molar-refractivity contribution is 0.0565. The van der Waals surface area contributed by atoms with E-state index in [9.17, 15) is 13.6 Å². The van der Waals surface area contributed by atoms with E-state index in [1.807, 2.05) is 24.3 Å². The van der Waals surface area contributed by atoms with Crippen molar-refractivity contribution < 1.29 is 22.4 Å². The third-order valence-electron chi connectivity index (χ3n) is 6.74. The maximum absolute atomic E-state index is 13.7. The summed E-state index contributed by atoms with van der Waals surface area (Å²) in [5.74, 6) is 0.254. The molecule has 1 N–H and O–H groups in total. The standard InChI is InChI=1S/C24H19F2N7O3/c25-24(26)33-10-13(9-29-33)21-30-31-22(36-21)23(34)32-8-7-15-18(28-11-27-15)19(32)20-17(12-5-6-12)14-3-1-2-4-16(14)35-20/h1-4,9-12,19,24H,5-8H2,(H,27,28)/t19-/m0/s1. The number of nitrogens with one attached hydrogen (secondary N) is 1. The van der Waals surface area contributed by atoms with Crippen LogP contribution in [0.2, 0.25) is 0 Å². The highest BCUT2D eigenvalue weighted by atomic mass is 19.3. The predicted molar refractivity (Wildman–Crippen MR) is 120 cm³/mol. The fourth-order valence-corrected chi connectivity index (χ4v) is 4.95. The lowest BCUT2D eigenvalue weighted by atomic mass is 9.95. The van der Waals surface area contributed by atoms with Gasteiger partial charge >= 0.3 is 18.3 Å². The van der Waals surface area contributed by atoms with E-state index in [1.54, 1.807) is 11.2 Å². The summed E-state index contributed by atoms with van der Waals surface area (Å²) >= 11 is 0. The third-order valence-corrected chi connectivity index (χ3v) is 6.74. The number of aromatic nitrogens is 6. The number of imidazole rings is 1. The number of alkyl halides is 2. The zero-order chi connectivity index (χ0) is 24.4. The number of para-hydroxylation sites is 1. The number of carbonyl (C=O) groups is 1. The number of fused-ring (bicyclic) bond motifs is 2. The Bertz CT molecular complexity index is 1600. The maximum Gasteiger partial charge on any atom is 0.333 e. The first-order valence-corrected chi connectivity index (χ1v) is 11.6. The van der Waals surface area contributed by atoms with Crippen molar-refractivity contribution in [3.8, 4) is 11.5 Å². The Hall–Kier alpha value is -4.35. The van der Waals surface area contributed by atoms with Gasteiger partial charge in [0.2, 0.25) is 0 Å². The van der Waals surface area contributed by atoms with Crippen LogP contribution in [-0.2, 0) is 6.42 Å². The van der Waals surface area contributed by atoms with Gasteiger partial charge in [0.1, 0.15) is 17.4 Å². The highest BCUT2D eigenvalue weighted by Crippen LogP contribution is 2.50. The summed E-state index contributed by atoms with van der Waals surface area (Å²) in [5.41, 5.74) is 3.72. The van der Waals surface area contributed by atoms with E-state index in [1.165, 1.54) is 6.20 Å². The van der Waals surface area contributed by atoms with Crippen LogP contribution in [0.4, 0.5) is 8.78 Å². The SMILES string of the molecule is O=C(c1nnc(-c2cnn(C(F)F)c2)o1)N1CCc2[nH]cnc2[C@H]1c1oc2ccccc2c1C1CC1. The molecule has 10 nitrogen and oxygen atoms in total. The van der Waals surface area contributed by atoms with Crippen molar-refractivity contribution in [2.75, 3.05) is 6.54 Å². The Morgan fingerprint density at radius 1 is 1.17 bits per heavy atom. The fourth-order valence-electron chi connectivity index (χ4n) is 4.95. The van der Waals surface area contributed by atoms with Crippen molar-refractivity contribution in [3.63, 3.8) is 0 Å². The van der Waals surface area contributed by atoms with Crippen LogP contribution in [0.3, 0.4) is 0 Å². The average Bonchev–Trinajstić information content (AvgIpc) is 3.34. The van der Waals surface area contributed by atoms with Crippen LogP contribution in [-0.4, -0.2) is 47.3 Å². The summed E-state index contributed by atoms with van der Waals surface area (Å²) < 4.78 is 38.3. The van der Waals surface area contributed by atoms with Crippen LogP contribution >= 0.6 is 0 Å². The van der Waals surface area contributed by atoms with E-state index >= 15 is 0 Å². The highest BCUT2D eigenvalue weighted by molar-refractivity contribution is 5.91. The van der Waals surface area contributed by atoms with Gasteiger partial charge in [-0.1, -0.05) is 18.2 Å². The second kappa shape index (κ2) is 7.83. The van der Waals surface area contributed by atoms with Crippen molar-refractivity contribution in [2.24, 2.45) is 0 Å². The Morgan fingerprint density at radius 2 is 2.03 bits per heavy atom. The average molecular weight is 491 g/mol. The fraction of sp³-hybridized carbons (Fsp3) is 0.292. The molecule has 0 spiro atoms. The van der Waals surface area contributed by atoms with E-state index < -0.39 is 18.5 Å². The molecular formula is C24H19F2N7O3. The molecule has 1 atom stereocenters. The van der Waals surface area contributed by atoms with E-state index in [4.69, 9.17) is 8.83 Å². The van der Waals surface area contributed by atoms with Crippen molar-refractivity contribution in [3.05, 3.63) is 71.6 Å². The van der Waals surface area contributed by atoms with Gasteiger partial charge in [-0.2, -0.15) is 13.9 Å². The molecule has 4 aromatic heterocycles. The molecular weight excluding hydrogens is 472 g/mol. The van der Waals surface area contributed by atoms with Crippen LogP contribution in [0.25, 0.3) is 22.4 Å². The molecule has 182 valence electrons. The van der Waals surface area contributed by atoms with E-state index in [-0.39, 0.29) is 17.3 Å². The highest BCUT2D eigenvalue weighted by Gasteiger charge is 2.42. The quantitative estimate of drug-likeness (QED) is 0.385. The third kappa shape index (κ3) is 3.24. The van der Waals surface area contributed by atoms with Crippen molar-refractivity contribution >= 4 is 16.9 Å². The van der Waals surface area contributed by atoms with E-state index in [2.05, 4.69) is 25.3 Å². The lowest BCUT2D eigenvalue weighted by Crippen LogP contribution is -2.41. The number of hydrogen-bond donors (Lipinski definition) is 1. The van der Waals surface area contributed by atoms with E-state index in [0.717, 1.165) is 41.3 Å². The number of amides is 1. The predicted octanol–water partition coefficient (Wildman–Crippen LogP) is 4.46. The molecule has 0 bridgehead atoms. The van der Waals surface area contributed by atoms with Gasteiger partial charge in [-0.05, 0) is 24.8 Å². The molecule has 1 fully saturated rings. The summed E-state index contributed by atoms with van der Waals surface area (Å²) in [7, 11) is 0. The normalized spacial score (nSPS) is 17.8. The summed E-state index contributed by atoms with van der Waals surface area (Å²) in [4.78, 5) is 23.1. The number of hydrogen-bond acceptors (Lipinski definition) is 7. The number of benzene rings is 1. The molecule has 5 aromatic rings. The smallest absolute Gasteiger partial charge is 0.333 e. The molecule has 7 rings (SSSR count). The molecule has 1 saturated carbocycles. The van der Waals surface area contributed by atoms with Crippen molar-refractivity contribution in [2.45, 2.75) is 37.8 Å². The van der Waals surface area contributed by atoms with Gasteiger partial charge in [-0.15, -0.1) is 10.2 Å². The number of rotatable bonds is 5. The number of furan rings is 1. The number of aromatic amines is 1. The lowest BCUT2D eigenvalue weighted by Gasteiger charge is -2.33. The molecule has 0 unspecified atom stereocenters. The number of H-pyrrole nitrogens is 1. The van der Waals surface area contributed by atoms with Gasteiger partial charge in [-0.25, -0.2) is 9.67 Å². The topological polar surface area (TPSA) is 119 Å². The Balaban J connectivity index is 1.30. The maximum atomic E-state index is 13.7. The second-order valence-electron chi connectivity index (χ2n) is 8.97. The van der Waals surface area contributed by atoms with E-state index in [0.29, 0.717) is 35.0 Å². The minimum absolute atomic E-state index is 0.0679. The molecule has 2 aliphatic rings. The molecule has 1 amide bonds. The molecule has 12 heteroatoms. The first-order valence-electron chi connectivity index (χ1n) is 11.6. The summed E-state index contributed by atoms with van der Waals surface area (Å²) in [6.07, 6.45) is 6.58. The zero-order valence-corrected chi connectivity index (χ0v) is 18.8. The van der Waals surface area contributed by atoms with Gasteiger partial charge in [0, 0.05) is 35.8 Å². The van der Waals surface area contributed by atoms with Crippen molar-refractivity contribution in [1.82, 2.24) is 34.8 Å². The molecule has 1 aliphatic heterocycles. The molecule has 36 heavy (non-hydrogen) atoms. The summed E-state index contributed by atoms with van der Waals surface area (Å²) in [5, 5.41) is 12.4. The molecule has 1 aliphatic carbocycles. The molecule has 1 aromatic carbocycles. The van der Waals surface area contributed by atoms with Gasteiger partial charge in [0.25, 0.3) is 5.89 Å². The van der Waals surface area contributed by atoms with Crippen LogP contribution in [0.5, 0.6) is 0 Å². The van der Waals surface area contributed by atoms with Crippen molar-refractivity contribution in [1.29, 1.82) is 0 Å². The molecule has 0 radical (unpaired) electrons. The van der Waals surface area contributed by atoms with Crippen LogP contribution < -0.4 is 0 Å². The minimum atomic E-state index is -2.80. The minimum Gasteiger partial charge on any atom is -0.458 e. The first kappa shape index (κ1) is 21.0. The Labute approximate surface area is 201 Å². The number of nitrogens with zero attached hydrogens (tertiary/aromatic N) is 6. The second-order valence-corrected chi connectivity index (χ2v) is 8.97.